The second-order valence-electron chi connectivity index (χ2n) is 1.37. The summed E-state index contributed by atoms with van der Waals surface area (Å²) in [6, 6.07) is 0. The van der Waals surface area contributed by atoms with E-state index in [1.54, 1.807) is 11.8 Å². The molecule has 1 saturated carbocycles. The van der Waals surface area contributed by atoms with Gasteiger partial charge in [-0.1, -0.05) is 0 Å². The third-order valence-electron chi connectivity index (χ3n) is 0.760. The van der Waals surface area contributed by atoms with Gasteiger partial charge in [-0.3, -0.25) is 0 Å². The quantitative estimate of drug-likeness (QED) is 0.469. The summed E-state index contributed by atoms with van der Waals surface area (Å²) in [5.41, 5.74) is 0. The molecule has 1 fully saturated rings. The minimum absolute atomic E-state index is 0.940. The average Bonchev–Trinajstić information content (AvgIpc) is 2.12. The van der Waals surface area contributed by atoms with E-state index in [1.807, 2.05) is 0 Å². The fourth-order valence-corrected chi connectivity index (χ4v) is 0.704. The summed E-state index contributed by atoms with van der Waals surface area (Å²) in [6.07, 6.45) is 6.49. The maximum absolute atomic E-state index is 3.66. The van der Waals surface area contributed by atoms with Gasteiger partial charge in [0.15, 0.2) is 0 Å². The number of thioether (sulfide) groups is 1. The van der Waals surface area contributed by atoms with E-state index in [4.69, 9.17) is 0 Å². The molecule has 0 bridgehead atoms. The molecule has 0 aromatic carbocycles. The van der Waals surface area contributed by atoms with E-state index >= 15 is 0 Å². The second-order valence-corrected chi connectivity index (χ2v) is 2.37. The molecule has 1 aliphatic carbocycles. The fourth-order valence-electron chi connectivity index (χ4n) is 0.235. The summed E-state index contributed by atoms with van der Waals surface area (Å²) in [4.78, 5) is 0. The molecule has 1 aliphatic rings. The molecular weight excluding hydrogens is 80.1 g/mol. The van der Waals surface area contributed by atoms with Gasteiger partial charge in [0.25, 0.3) is 0 Å². The summed E-state index contributed by atoms with van der Waals surface area (Å²) in [7, 11) is 0. The van der Waals surface area contributed by atoms with Crippen molar-refractivity contribution < 1.29 is 0 Å². The van der Waals surface area contributed by atoms with Crippen LogP contribution in [0.15, 0.2) is 0 Å². The molecule has 1 heteroatoms. The van der Waals surface area contributed by atoms with Crippen molar-refractivity contribution in [1.29, 1.82) is 0 Å². The molecule has 0 spiro atoms. The van der Waals surface area contributed by atoms with Gasteiger partial charge in [0.05, 0.1) is 0 Å². The van der Waals surface area contributed by atoms with Gasteiger partial charge >= 0.3 is 0 Å². The second kappa shape index (κ2) is 1.21. The van der Waals surface area contributed by atoms with Crippen molar-refractivity contribution in [2.45, 2.75) is 18.1 Å². The van der Waals surface area contributed by atoms with Crippen molar-refractivity contribution in [2.75, 3.05) is 0 Å². The molecule has 0 aromatic rings. The Hall–Kier alpha value is 0.350. The Kier molecular flexibility index (Phi) is 0.856. The first-order valence-corrected chi connectivity index (χ1v) is 2.89. The van der Waals surface area contributed by atoms with Crippen LogP contribution in [-0.4, -0.2) is 5.25 Å². The van der Waals surface area contributed by atoms with E-state index in [0.29, 0.717) is 0 Å². The Bertz CT molecular complexity index is 30.6. The van der Waals surface area contributed by atoms with Gasteiger partial charge in [-0.2, -0.15) is 11.8 Å². The summed E-state index contributed by atoms with van der Waals surface area (Å²) in [5, 5.41) is 0.940. The molecule has 0 amide bonds. The van der Waals surface area contributed by atoms with Gasteiger partial charge in [0, 0.05) is 11.5 Å². The van der Waals surface area contributed by atoms with Gasteiger partial charge in [0.1, 0.15) is 0 Å². The predicted molar refractivity (Wildman–Crippen MR) is 26.0 cm³/mol. The van der Waals surface area contributed by atoms with Crippen LogP contribution in [0.1, 0.15) is 12.8 Å². The van der Waals surface area contributed by atoms with E-state index in [0.717, 1.165) is 5.25 Å². The summed E-state index contributed by atoms with van der Waals surface area (Å²) >= 11 is 1.74. The molecular formula is C4H7S. The molecule has 0 nitrogen and oxygen atoms in total. The van der Waals surface area contributed by atoms with Crippen LogP contribution in [0.25, 0.3) is 0 Å². The third kappa shape index (κ3) is 0.839. The minimum Gasteiger partial charge on any atom is -0.158 e. The Morgan fingerprint density at radius 2 is 2.20 bits per heavy atom. The molecule has 0 unspecified atom stereocenters. The highest BCUT2D eigenvalue weighted by atomic mass is 32.2. The molecule has 1 rings (SSSR count). The van der Waals surface area contributed by atoms with Crippen LogP contribution >= 0.6 is 11.8 Å². The SMILES string of the molecule is [CH2]SC1CC1. The molecule has 0 aliphatic heterocycles. The van der Waals surface area contributed by atoms with Gasteiger partial charge < -0.3 is 0 Å². The maximum Gasteiger partial charge on any atom is 0.00481 e. The van der Waals surface area contributed by atoms with Crippen LogP contribution in [0.5, 0.6) is 0 Å². The standard InChI is InChI=1S/C4H7S/c1-5-4-2-3-4/h4H,1-3H2. The topological polar surface area (TPSA) is 0 Å². The lowest BCUT2D eigenvalue weighted by Gasteiger charge is -1.73. The van der Waals surface area contributed by atoms with Crippen LogP contribution in [-0.2, 0) is 0 Å². The van der Waals surface area contributed by atoms with Crippen LogP contribution in [0.3, 0.4) is 0 Å². The van der Waals surface area contributed by atoms with Gasteiger partial charge in [-0.05, 0) is 12.8 Å². The van der Waals surface area contributed by atoms with Crippen molar-refractivity contribution in [1.82, 2.24) is 0 Å². The molecule has 5 heavy (non-hydrogen) atoms. The summed E-state index contributed by atoms with van der Waals surface area (Å²) in [5.74, 6) is 0. The van der Waals surface area contributed by atoms with E-state index < -0.39 is 0 Å². The summed E-state index contributed by atoms with van der Waals surface area (Å²) < 4.78 is 0. The van der Waals surface area contributed by atoms with Crippen LogP contribution in [0.2, 0.25) is 0 Å². The third-order valence-corrected chi connectivity index (χ3v) is 1.70. The monoisotopic (exact) mass is 87.0 g/mol. The first kappa shape index (κ1) is 3.54. The first-order valence-electron chi connectivity index (χ1n) is 1.84. The van der Waals surface area contributed by atoms with Gasteiger partial charge in [-0.15, -0.1) is 0 Å². The number of rotatable bonds is 1. The minimum atomic E-state index is 0.940. The highest BCUT2D eigenvalue weighted by molar-refractivity contribution is 8.01. The smallest absolute Gasteiger partial charge is 0.00481 e. The lowest BCUT2D eigenvalue weighted by molar-refractivity contribution is 1.50. The zero-order chi connectivity index (χ0) is 3.70. The van der Waals surface area contributed by atoms with Crippen LogP contribution in [0, 0.1) is 6.26 Å². The van der Waals surface area contributed by atoms with Crippen molar-refractivity contribution in [2.24, 2.45) is 0 Å². The molecule has 0 aromatic heterocycles. The van der Waals surface area contributed by atoms with Gasteiger partial charge in [-0.25, -0.2) is 0 Å². The highest BCUT2D eigenvalue weighted by Crippen LogP contribution is 2.32. The van der Waals surface area contributed by atoms with E-state index in [9.17, 15) is 0 Å². The molecule has 0 saturated heterocycles. The van der Waals surface area contributed by atoms with E-state index in [1.165, 1.54) is 12.8 Å². The van der Waals surface area contributed by atoms with E-state index in [-0.39, 0.29) is 0 Å². The summed E-state index contributed by atoms with van der Waals surface area (Å²) in [6.45, 7) is 0. The fraction of sp³-hybridized carbons (Fsp3) is 0.750. The van der Waals surface area contributed by atoms with Crippen LogP contribution < -0.4 is 0 Å². The molecule has 0 atom stereocenters. The van der Waals surface area contributed by atoms with Crippen LogP contribution in [0.4, 0.5) is 0 Å². The largest absolute Gasteiger partial charge is 0.158 e. The zero-order valence-corrected chi connectivity index (χ0v) is 3.92. The predicted octanol–water partition coefficient (Wildman–Crippen LogP) is 1.67. The highest BCUT2D eigenvalue weighted by Gasteiger charge is 2.18. The maximum atomic E-state index is 3.66. The molecule has 1 radical (unpaired) electrons. The molecule has 0 heterocycles. The van der Waals surface area contributed by atoms with E-state index in [2.05, 4.69) is 6.26 Å². The van der Waals surface area contributed by atoms with Gasteiger partial charge in [0.2, 0.25) is 0 Å². The normalized spacial score (nSPS) is 23.4. The molecule has 29 valence electrons. The van der Waals surface area contributed by atoms with Crippen molar-refractivity contribution >= 4 is 11.8 Å². The zero-order valence-electron chi connectivity index (χ0n) is 3.11. The Morgan fingerprint density at radius 3 is 2.20 bits per heavy atom. The van der Waals surface area contributed by atoms with Crippen molar-refractivity contribution in [3.8, 4) is 0 Å². The average molecular weight is 87.2 g/mol. The Morgan fingerprint density at radius 1 is 1.60 bits per heavy atom. The Labute approximate surface area is 37.0 Å². The molecule has 0 N–H and O–H groups in total. The number of hydrogen-bond donors (Lipinski definition) is 0. The van der Waals surface area contributed by atoms with Crippen molar-refractivity contribution in [3.63, 3.8) is 0 Å². The Balaban J connectivity index is 2.00. The van der Waals surface area contributed by atoms with Crippen molar-refractivity contribution in [3.05, 3.63) is 6.26 Å². The lowest BCUT2D eigenvalue weighted by atomic mass is 11.0. The number of hydrogen-bond acceptors (Lipinski definition) is 1. The lowest BCUT2D eigenvalue weighted by Crippen LogP contribution is -1.56. The first-order chi connectivity index (χ1) is 2.43.